The summed E-state index contributed by atoms with van der Waals surface area (Å²) in [5.74, 6) is -0.0268. The van der Waals surface area contributed by atoms with Gasteiger partial charge in [0.25, 0.3) is 0 Å². The maximum Gasteiger partial charge on any atom is 0.240 e. The second-order valence-corrected chi connectivity index (χ2v) is 6.17. The number of piperazine rings is 1. The SMILES string of the molecule is Cc1ccccc1N1CCN(CC(=O)Nc2nncs2)CC1. The number of rotatable bonds is 4. The third kappa shape index (κ3) is 3.61. The number of aryl methyl sites for hydroxylation is 1. The molecule has 2 aromatic rings. The highest BCUT2D eigenvalue weighted by Gasteiger charge is 2.20. The van der Waals surface area contributed by atoms with E-state index in [2.05, 4.69) is 56.5 Å². The normalized spacial score (nSPS) is 15.8. The van der Waals surface area contributed by atoms with Gasteiger partial charge in [0.1, 0.15) is 5.51 Å². The van der Waals surface area contributed by atoms with Crippen molar-refractivity contribution in [1.29, 1.82) is 0 Å². The van der Waals surface area contributed by atoms with Crippen molar-refractivity contribution >= 4 is 28.1 Å². The molecule has 0 spiro atoms. The molecule has 0 radical (unpaired) electrons. The van der Waals surface area contributed by atoms with Crippen molar-refractivity contribution in [2.45, 2.75) is 6.92 Å². The van der Waals surface area contributed by atoms with E-state index in [1.165, 1.54) is 22.6 Å². The van der Waals surface area contributed by atoms with Crippen LogP contribution in [0.5, 0.6) is 0 Å². The van der Waals surface area contributed by atoms with E-state index < -0.39 is 0 Å². The van der Waals surface area contributed by atoms with E-state index in [4.69, 9.17) is 0 Å². The molecule has 1 N–H and O–H groups in total. The van der Waals surface area contributed by atoms with E-state index in [1.807, 2.05) is 0 Å². The van der Waals surface area contributed by atoms with Gasteiger partial charge < -0.3 is 4.90 Å². The van der Waals surface area contributed by atoms with Crippen molar-refractivity contribution in [2.24, 2.45) is 0 Å². The molecule has 0 saturated carbocycles. The van der Waals surface area contributed by atoms with Gasteiger partial charge in [-0.25, -0.2) is 0 Å². The van der Waals surface area contributed by atoms with Gasteiger partial charge in [-0.2, -0.15) is 0 Å². The molecule has 1 fully saturated rings. The Kier molecular flexibility index (Phi) is 4.65. The van der Waals surface area contributed by atoms with Crippen molar-refractivity contribution in [2.75, 3.05) is 42.9 Å². The van der Waals surface area contributed by atoms with Gasteiger partial charge in [0, 0.05) is 31.9 Å². The molecule has 2 heterocycles. The maximum absolute atomic E-state index is 12.0. The number of carbonyl (C=O) groups is 1. The average Bonchev–Trinajstić information content (AvgIpc) is 3.01. The highest BCUT2D eigenvalue weighted by Crippen LogP contribution is 2.20. The first kappa shape index (κ1) is 14.9. The third-order valence-corrected chi connectivity index (χ3v) is 4.41. The van der Waals surface area contributed by atoms with Gasteiger partial charge >= 0.3 is 0 Å². The Morgan fingerprint density at radius 2 is 2.05 bits per heavy atom. The number of benzene rings is 1. The average molecular weight is 317 g/mol. The minimum atomic E-state index is -0.0268. The Labute approximate surface area is 133 Å². The highest BCUT2D eigenvalue weighted by atomic mass is 32.1. The number of amides is 1. The van der Waals surface area contributed by atoms with Crippen molar-refractivity contribution < 1.29 is 4.79 Å². The minimum absolute atomic E-state index is 0.0268. The predicted molar refractivity (Wildman–Crippen MR) is 88.4 cm³/mol. The number of carbonyl (C=O) groups excluding carboxylic acids is 1. The number of anilines is 2. The Morgan fingerprint density at radius 3 is 2.73 bits per heavy atom. The van der Waals surface area contributed by atoms with Gasteiger partial charge in [-0.1, -0.05) is 29.5 Å². The summed E-state index contributed by atoms with van der Waals surface area (Å²) in [6.45, 7) is 6.20. The van der Waals surface area contributed by atoms with Crippen LogP contribution in [0.2, 0.25) is 0 Å². The summed E-state index contributed by atoms with van der Waals surface area (Å²) in [7, 11) is 0. The second kappa shape index (κ2) is 6.85. The van der Waals surface area contributed by atoms with E-state index in [1.54, 1.807) is 5.51 Å². The molecule has 0 bridgehead atoms. The van der Waals surface area contributed by atoms with E-state index in [9.17, 15) is 4.79 Å². The number of nitrogens with zero attached hydrogens (tertiary/aromatic N) is 4. The zero-order valence-electron chi connectivity index (χ0n) is 12.5. The molecular formula is C15H19N5OS. The molecule has 3 rings (SSSR count). The Balaban J connectivity index is 1.49. The van der Waals surface area contributed by atoms with Gasteiger partial charge in [0.05, 0.1) is 6.54 Å². The zero-order valence-corrected chi connectivity index (χ0v) is 13.3. The van der Waals surface area contributed by atoms with Crippen LogP contribution in [0, 0.1) is 6.92 Å². The fourth-order valence-electron chi connectivity index (χ4n) is 2.65. The quantitative estimate of drug-likeness (QED) is 0.928. The number of aromatic nitrogens is 2. The molecule has 0 atom stereocenters. The fourth-order valence-corrected chi connectivity index (χ4v) is 3.12. The summed E-state index contributed by atoms with van der Waals surface area (Å²) in [4.78, 5) is 16.5. The van der Waals surface area contributed by atoms with Crippen molar-refractivity contribution in [3.8, 4) is 0 Å². The first-order valence-electron chi connectivity index (χ1n) is 7.31. The number of nitrogens with one attached hydrogen (secondary N) is 1. The van der Waals surface area contributed by atoms with Gasteiger partial charge in [-0.05, 0) is 18.6 Å². The molecule has 22 heavy (non-hydrogen) atoms. The lowest BCUT2D eigenvalue weighted by molar-refractivity contribution is -0.117. The van der Waals surface area contributed by atoms with Crippen molar-refractivity contribution in [3.63, 3.8) is 0 Å². The summed E-state index contributed by atoms with van der Waals surface area (Å²) >= 11 is 1.33. The summed E-state index contributed by atoms with van der Waals surface area (Å²) in [6, 6.07) is 8.43. The summed E-state index contributed by atoms with van der Waals surface area (Å²) in [5, 5.41) is 10.9. The molecule has 0 aliphatic carbocycles. The molecule has 1 amide bonds. The molecule has 1 aliphatic heterocycles. The largest absolute Gasteiger partial charge is 0.369 e. The lowest BCUT2D eigenvalue weighted by Crippen LogP contribution is -2.48. The smallest absolute Gasteiger partial charge is 0.240 e. The van der Waals surface area contributed by atoms with Crippen LogP contribution in [-0.4, -0.2) is 53.7 Å². The number of para-hydroxylation sites is 1. The third-order valence-electron chi connectivity index (χ3n) is 3.80. The number of hydrogen-bond donors (Lipinski definition) is 1. The molecule has 1 aliphatic rings. The van der Waals surface area contributed by atoms with E-state index >= 15 is 0 Å². The van der Waals surface area contributed by atoms with Crippen LogP contribution in [0.3, 0.4) is 0 Å². The Morgan fingerprint density at radius 1 is 1.27 bits per heavy atom. The first-order valence-corrected chi connectivity index (χ1v) is 8.19. The standard InChI is InChI=1S/C15H19N5OS/c1-12-4-2-3-5-13(12)20-8-6-19(7-9-20)10-14(21)17-15-18-16-11-22-15/h2-5,11H,6-10H2,1H3,(H,17,18,21). The van der Waals surface area contributed by atoms with Crippen LogP contribution < -0.4 is 10.2 Å². The van der Waals surface area contributed by atoms with E-state index in [0.717, 1.165) is 26.2 Å². The molecule has 1 aromatic carbocycles. The minimum Gasteiger partial charge on any atom is -0.369 e. The van der Waals surface area contributed by atoms with Gasteiger partial charge in [-0.3, -0.25) is 15.0 Å². The van der Waals surface area contributed by atoms with Crippen LogP contribution in [0.1, 0.15) is 5.56 Å². The fraction of sp³-hybridized carbons (Fsp3) is 0.400. The zero-order chi connectivity index (χ0) is 15.4. The maximum atomic E-state index is 12.0. The molecule has 1 aromatic heterocycles. The number of hydrogen-bond acceptors (Lipinski definition) is 6. The highest BCUT2D eigenvalue weighted by molar-refractivity contribution is 7.13. The van der Waals surface area contributed by atoms with Gasteiger partial charge in [0.2, 0.25) is 11.0 Å². The Bertz CT molecular complexity index is 623. The molecular weight excluding hydrogens is 298 g/mol. The van der Waals surface area contributed by atoms with Gasteiger partial charge in [-0.15, -0.1) is 10.2 Å². The van der Waals surface area contributed by atoms with E-state index in [-0.39, 0.29) is 5.91 Å². The van der Waals surface area contributed by atoms with Crippen LogP contribution in [0.4, 0.5) is 10.8 Å². The van der Waals surface area contributed by atoms with Crippen LogP contribution in [0.15, 0.2) is 29.8 Å². The molecule has 0 unspecified atom stereocenters. The topological polar surface area (TPSA) is 61.4 Å². The van der Waals surface area contributed by atoms with Crippen LogP contribution in [-0.2, 0) is 4.79 Å². The lowest BCUT2D eigenvalue weighted by atomic mass is 10.1. The van der Waals surface area contributed by atoms with Crippen molar-refractivity contribution in [3.05, 3.63) is 35.3 Å². The van der Waals surface area contributed by atoms with Crippen LogP contribution >= 0.6 is 11.3 Å². The summed E-state index contributed by atoms with van der Waals surface area (Å²) in [6.07, 6.45) is 0. The first-order chi connectivity index (χ1) is 10.7. The molecule has 7 heteroatoms. The second-order valence-electron chi connectivity index (χ2n) is 5.34. The predicted octanol–water partition coefficient (Wildman–Crippen LogP) is 1.61. The Hall–Kier alpha value is -1.99. The van der Waals surface area contributed by atoms with Crippen LogP contribution in [0.25, 0.3) is 0 Å². The van der Waals surface area contributed by atoms with Crippen molar-refractivity contribution in [1.82, 2.24) is 15.1 Å². The molecule has 116 valence electrons. The van der Waals surface area contributed by atoms with E-state index in [0.29, 0.717) is 11.7 Å². The summed E-state index contributed by atoms with van der Waals surface area (Å²) < 4.78 is 0. The monoisotopic (exact) mass is 317 g/mol. The summed E-state index contributed by atoms with van der Waals surface area (Å²) in [5.41, 5.74) is 4.20. The molecule has 6 nitrogen and oxygen atoms in total. The van der Waals surface area contributed by atoms with Gasteiger partial charge in [0.15, 0.2) is 0 Å². The molecule has 1 saturated heterocycles. The lowest BCUT2D eigenvalue weighted by Gasteiger charge is -2.36.